The van der Waals surface area contributed by atoms with Crippen LogP contribution >= 0.6 is 0 Å². The van der Waals surface area contributed by atoms with E-state index in [0.717, 1.165) is 16.9 Å². The van der Waals surface area contributed by atoms with Gasteiger partial charge in [0.2, 0.25) is 0 Å². The van der Waals surface area contributed by atoms with Gasteiger partial charge in [0, 0.05) is 6.42 Å². The number of para-hydroxylation sites is 1. The third-order valence-corrected chi connectivity index (χ3v) is 4.18. The molecule has 6 nitrogen and oxygen atoms in total. The monoisotopic (exact) mass is 367 g/mol. The van der Waals surface area contributed by atoms with Gasteiger partial charge >= 0.3 is 5.97 Å². The molecule has 1 aliphatic heterocycles. The predicted octanol–water partition coefficient (Wildman–Crippen LogP) is 3.64. The fourth-order valence-electron chi connectivity index (χ4n) is 2.81. The molecule has 0 spiro atoms. The van der Waals surface area contributed by atoms with Gasteiger partial charge in [-0.1, -0.05) is 24.3 Å². The average Bonchev–Trinajstić information content (AvgIpc) is 3.05. The Balaban J connectivity index is 1.75. The molecule has 140 valence electrons. The van der Waals surface area contributed by atoms with Crippen molar-refractivity contribution >= 4 is 17.9 Å². The summed E-state index contributed by atoms with van der Waals surface area (Å²) in [5.74, 6) is 1.95. The van der Waals surface area contributed by atoms with Gasteiger partial charge in [0.15, 0.2) is 23.1 Å². The van der Waals surface area contributed by atoms with Crippen molar-refractivity contribution in [3.63, 3.8) is 0 Å². The Kier molecular flexibility index (Phi) is 5.76. The van der Waals surface area contributed by atoms with Crippen molar-refractivity contribution in [1.29, 1.82) is 0 Å². The summed E-state index contributed by atoms with van der Waals surface area (Å²) in [5, 5.41) is 0. The maximum atomic E-state index is 12.1. The third kappa shape index (κ3) is 4.28. The number of esters is 1. The zero-order chi connectivity index (χ0) is 19.2. The molecule has 0 bridgehead atoms. The number of rotatable bonds is 7. The SMILES string of the molecule is COc1ccccc1CCC1=N/C(=C/c2ccc(OC)c(OC)c2)C(=O)O1. The molecule has 6 heteroatoms. The van der Waals surface area contributed by atoms with Crippen molar-refractivity contribution in [3.05, 3.63) is 59.3 Å². The molecule has 0 unspecified atom stereocenters. The van der Waals surface area contributed by atoms with E-state index >= 15 is 0 Å². The van der Waals surface area contributed by atoms with E-state index < -0.39 is 5.97 Å². The molecule has 0 N–H and O–H groups in total. The summed E-state index contributed by atoms with van der Waals surface area (Å²) in [6.45, 7) is 0. The van der Waals surface area contributed by atoms with E-state index in [1.165, 1.54) is 0 Å². The van der Waals surface area contributed by atoms with Crippen LogP contribution in [0.3, 0.4) is 0 Å². The number of carbonyl (C=O) groups excluding carboxylic acids is 1. The van der Waals surface area contributed by atoms with Crippen molar-refractivity contribution < 1.29 is 23.7 Å². The molecule has 3 rings (SSSR count). The van der Waals surface area contributed by atoms with Gasteiger partial charge in [-0.3, -0.25) is 0 Å². The maximum absolute atomic E-state index is 12.1. The first-order chi connectivity index (χ1) is 13.1. The summed E-state index contributed by atoms with van der Waals surface area (Å²) >= 11 is 0. The molecule has 0 saturated carbocycles. The highest BCUT2D eigenvalue weighted by atomic mass is 16.6. The summed E-state index contributed by atoms with van der Waals surface area (Å²) in [4.78, 5) is 16.4. The number of carbonyl (C=O) groups is 1. The summed E-state index contributed by atoms with van der Waals surface area (Å²) in [6, 6.07) is 13.1. The second-order valence-electron chi connectivity index (χ2n) is 5.85. The second kappa shape index (κ2) is 8.40. The molecule has 0 amide bonds. The standard InChI is InChI=1S/C21H21NO5/c1-24-17-7-5-4-6-15(17)9-11-20-22-16(21(23)27-20)12-14-8-10-18(25-2)19(13-14)26-3/h4-8,10,12-13H,9,11H2,1-3H3/b16-12+. The van der Waals surface area contributed by atoms with Crippen LogP contribution in [0.4, 0.5) is 0 Å². The third-order valence-electron chi connectivity index (χ3n) is 4.18. The van der Waals surface area contributed by atoms with Crippen LogP contribution in [-0.2, 0) is 16.0 Å². The van der Waals surface area contributed by atoms with E-state index in [1.807, 2.05) is 30.3 Å². The smallest absolute Gasteiger partial charge is 0.363 e. The van der Waals surface area contributed by atoms with Crippen molar-refractivity contribution in [3.8, 4) is 17.2 Å². The molecule has 1 heterocycles. The van der Waals surface area contributed by atoms with Crippen LogP contribution in [0.25, 0.3) is 6.08 Å². The molecular formula is C21H21NO5. The molecule has 27 heavy (non-hydrogen) atoms. The number of ether oxygens (including phenoxy) is 4. The number of methoxy groups -OCH3 is 3. The van der Waals surface area contributed by atoms with Crippen LogP contribution in [0.2, 0.25) is 0 Å². The highest BCUT2D eigenvalue weighted by molar-refractivity contribution is 6.07. The second-order valence-corrected chi connectivity index (χ2v) is 5.85. The zero-order valence-corrected chi connectivity index (χ0v) is 15.5. The highest BCUT2D eigenvalue weighted by Crippen LogP contribution is 2.29. The number of cyclic esters (lactones) is 1. The van der Waals surface area contributed by atoms with Gasteiger partial charge in [-0.25, -0.2) is 9.79 Å². The van der Waals surface area contributed by atoms with Crippen LogP contribution in [0.1, 0.15) is 17.5 Å². The van der Waals surface area contributed by atoms with E-state index in [2.05, 4.69) is 4.99 Å². The molecule has 0 fully saturated rings. The maximum Gasteiger partial charge on any atom is 0.363 e. The van der Waals surface area contributed by atoms with Crippen LogP contribution in [-0.4, -0.2) is 33.2 Å². The van der Waals surface area contributed by atoms with Gasteiger partial charge < -0.3 is 18.9 Å². The average molecular weight is 367 g/mol. The Morgan fingerprint density at radius 1 is 0.926 bits per heavy atom. The molecule has 2 aromatic carbocycles. The van der Waals surface area contributed by atoms with Crippen LogP contribution in [0, 0.1) is 0 Å². The predicted molar refractivity (Wildman–Crippen MR) is 102 cm³/mol. The van der Waals surface area contributed by atoms with Gasteiger partial charge in [-0.05, 0) is 41.8 Å². The van der Waals surface area contributed by atoms with Crippen molar-refractivity contribution in [2.75, 3.05) is 21.3 Å². The fourth-order valence-corrected chi connectivity index (χ4v) is 2.81. The number of hydrogen-bond donors (Lipinski definition) is 0. The first-order valence-corrected chi connectivity index (χ1v) is 8.50. The lowest BCUT2D eigenvalue weighted by atomic mass is 10.1. The number of aliphatic imine (C=N–C) groups is 1. The summed E-state index contributed by atoms with van der Waals surface area (Å²) in [6.07, 6.45) is 2.84. The van der Waals surface area contributed by atoms with Crippen molar-refractivity contribution in [2.45, 2.75) is 12.8 Å². The normalized spacial score (nSPS) is 14.7. The van der Waals surface area contributed by atoms with Crippen LogP contribution < -0.4 is 14.2 Å². The van der Waals surface area contributed by atoms with Crippen LogP contribution in [0.5, 0.6) is 17.2 Å². The minimum Gasteiger partial charge on any atom is -0.496 e. The minimum atomic E-state index is -0.459. The fraction of sp³-hybridized carbons (Fsp3) is 0.238. The van der Waals surface area contributed by atoms with Gasteiger partial charge in [0.1, 0.15) is 5.75 Å². The quantitative estimate of drug-likeness (QED) is 0.552. The van der Waals surface area contributed by atoms with E-state index in [-0.39, 0.29) is 5.70 Å². The highest BCUT2D eigenvalue weighted by Gasteiger charge is 2.23. The van der Waals surface area contributed by atoms with Crippen LogP contribution in [0.15, 0.2) is 53.2 Å². The summed E-state index contributed by atoms with van der Waals surface area (Å²) < 4.78 is 21.1. The van der Waals surface area contributed by atoms with E-state index in [9.17, 15) is 4.79 Å². The van der Waals surface area contributed by atoms with Gasteiger partial charge in [-0.2, -0.15) is 0 Å². The zero-order valence-electron chi connectivity index (χ0n) is 15.5. The Labute approximate surface area is 158 Å². The Hall–Kier alpha value is -3.28. The van der Waals surface area contributed by atoms with Crippen molar-refractivity contribution in [1.82, 2.24) is 0 Å². The molecule has 0 atom stereocenters. The Morgan fingerprint density at radius 3 is 2.41 bits per heavy atom. The van der Waals surface area contributed by atoms with E-state index in [4.69, 9.17) is 18.9 Å². The van der Waals surface area contributed by atoms with E-state index in [1.54, 1.807) is 39.5 Å². The number of nitrogens with zero attached hydrogens (tertiary/aromatic N) is 1. The number of aryl methyl sites for hydroxylation is 1. The van der Waals surface area contributed by atoms with Gasteiger partial charge in [0.05, 0.1) is 21.3 Å². The minimum absolute atomic E-state index is 0.261. The number of hydrogen-bond acceptors (Lipinski definition) is 6. The molecule has 0 saturated heterocycles. The topological polar surface area (TPSA) is 66.3 Å². The van der Waals surface area contributed by atoms with Gasteiger partial charge in [-0.15, -0.1) is 0 Å². The first kappa shape index (κ1) is 18.5. The van der Waals surface area contributed by atoms with Gasteiger partial charge in [0.25, 0.3) is 0 Å². The lowest BCUT2D eigenvalue weighted by molar-refractivity contribution is -0.130. The van der Waals surface area contributed by atoms with E-state index in [0.29, 0.717) is 30.2 Å². The first-order valence-electron chi connectivity index (χ1n) is 8.50. The van der Waals surface area contributed by atoms with Crippen molar-refractivity contribution in [2.24, 2.45) is 4.99 Å². The molecule has 0 radical (unpaired) electrons. The Morgan fingerprint density at radius 2 is 1.67 bits per heavy atom. The molecular weight excluding hydrogens is 346 g/mol. The summed E-state index contributed by atoms with van der Waals surface area (Å²) in [5.41, 5.74) is 2.07. The molecule has 0 aromatic heterocycles. The molecule has 0 aliphatic carbocycles. The Bertz CT molecular complexity index is 901. The molecule has 1 aliphatic rings. The number of benzene rings is 2. The molecule has 2 aromatic rings. The lowest BCUT2D eigenvalue weighted by Gasteiger charge is -2.07. The summed E-state index contributed by atoms with van der Waals surface area (Å²) in [7, 11) is 4.77. The largest absolute Gasteiger partial charge is 0.496 e. The lowest BCUT2D eigenvalue weighted by Crippen LogP contribution is -2.05.